The maximum absolute atomic E-state index is 5.03. The molecule has 1 aliphatic heterocycles. The summed E-state index contributed by atoms with van der Waals surface area (Å²) in [5, 5.41) is 12.5. The highest BCUT2D eigenvalue weighted by Gasteiger charge is 2.13. The minimum absolute atomic E-state index is 0.560. The van der Waals surface area contributed by atoms with E-state index in [9.17, 15) is 0 Å². The lowest BCUT2D eigenvalue weighted by Gasteiger charge is -2.26. The molecule has 1 aliphatic rings. The van der Waals surface area contributed by atoms with Crippen LogP contribution in [0.25, 0.3) is 22.4 Å². The molecule has 0 N–H and O–H groups in total. The zero-order chi connectivity index (χ0) is 15.6. The summed E-state index contributed by atoms with van der Waals surface area (Å²) < 4.78 is 7.02. The molecule has 1 fully saturated rings. The first-order chi connectivity index (χ1) is 11.3. The fourth-order valence-electron chi connectivity index (χ4n) is 3.11. The predicted molar refractivity (Wildman–Crippen MR) is 85.8 cm³/mol. The van der Waals surface area contributed by atoms with Crippen LogP contribution in [-0.2, 0) is 6.54 Å². The number of fused-ring (bicyclic) bond motifs is 1. The van der Waals surface area contributed by atoms with Crippen molar-refractivity contribution in [2.75, 3.05) is 19.6 Å². The van der Waals surface area contributed by atoms with E-state index in [2.05, 4.69) is 25.4 Å². The Labute approximate surface area is 134 Å². The second-order valence-electron chi connectivity index (χ2n) is 6.06. The molecule has 23 heavy (non-hydrogen) atoms. The van der Waals surface area contributed by atoms with Crippen molar-refractivity contribution in [1.29, 1.82) is 0 Å². The molecule has 1 saturated heterocycles. The van der Waals surface area contributed by atoms with E-state index in [1.54, 1.807) is 6.92 Å². The Morgan fingerprint density at radius 3 is 2.78 bits per heavy atom. The largest absolute Gasteiger partial charge is 0.339 e. The first-order valence-electron chi connectivity index (χ1n) is 8.16. The van der Waals surface area contributed by atoms with E-state index < -0.39 is 0 Å². The monoisotopic (exact) mass is 312 g/mol. The first kappa shape index (κ1) is 14.3. The van der Waals surface area contributed by atoms with Gasteiger partial charge in [0.05, 0.1) is 12.1 Å². The molecule has 3 aromatic rings. The van der Waals surface area contributed by atoms with Crippen LogP contribution in [0.1, 0.15) is 25.2 Å². The van der Waals surface area contributed by atoms with Crippen LogP contribution in [0.15, 0.2) is 22.7 Å². The van der Waals surface area contributed by atoms with Crippen LogP contribution in [0.3, 0.4) is 0 Å². The van der Waals surface area contributed by atoms with E-state index in [1.807, 2.05) is 22.9 Å². The fraction of sp³-hybridized carbons (Fsp3) is 0.500. The maximum atomic E-state index is 5.03. The Hall–Kier alpha value is -2.28. The lowest BCUT2D eigenvalue weighted by atomic mass is 10.1. The van der Waals surface area contributed by atoms with Crippen molar-refractivity contribution in [3.05, 3.63) is 24.1 Å². The van der Waals surface area contributed by atoms with Crippen LogP contribution in [0.2, 0.25) is 0 Å². The molecule has 7 nitrogen and oxygen atoms in total. The normalized spacial score (nSPS) is 16.2. The number of aryl methyl sites for hydroxylation is 1. The minimum Gasteiger partial charge on any atom is -0.339 e. The molecule has 0 atom stereocenters. The van der Waals surface area contributed by atoms with Gasteiger partial charge in [0.25, 0.3) is 0 Å². The van der Waals surface area contributed by atoms with Crippen molar-refractivity contribution >= 4 is 11.0 Å². The van der Waals surface area contributed by atoms with E-state index in [4.69, 9.17) is 4.52 Å². The van der Waals surface area contributed by atoms with Crippen LogP contribution < -0.4 is 0 Å². The highest BCUT2D eigenvalue weighted by atomic mass is 16.5. The standard InChI is InChI=1S/C16H20N6O/c1-12-17-16(19-23-12)13-5-6-15-14(11-13)18-20-22(15)10-9-21-7-3-2-4-8-21/h5-6,11H,2-4,7-10H2,1H3. The molecule has 0 saturated carbocycles. The van der Waals surface area contributed by atoms with Gasteiger partial charge in [0.15, 0.2) is 0 Å². The molecule has 2 aromatic heterocycles. The molecule has 0 radical (unpaired) electrons. The number of benzene rings is 1. The summed E-state index contributed by atoms with van der Waals surface area (Å²) in [7, 11) is 0. The lowest BCUT2D eigenvalue weighted by molar-refractivity contribution is 0.218. The van der Waals surface area contributed by atoms with Crippen LogP contribution in [0.5, 0.6) is 0 Å². The number of hydrogen-bond acceptors (Lipinski definition) is 6. The van der Waals surface area contributed by atoms with E-state index in [0.717, 1.165) is 29.7 Å². The maximum Gasteiger partial charge on any atom is 0.223 e. The molecular formula is C16H20N6O. The third-order valence-corrected chi connectivity index (χ3v) is 4.38. The number of likely N-dealkylation sites (tertiary alicyclic amines) is 1. The number of piperidine rings is 1. The van der Waals surface area contributed by atoms with Crippen LogP contribution in [0.4, 0.5) is 0 Å². The highest BCUT2D eigenvalue weighted by molar-refractivity contribution is 5.79. The second kappa shape index (κ2) is 6.08. The predicted octanol–water partition coefficient (Wildman–Crippen LogP) is 2.28. The summed E-state index contributed by atoms with van der Waals surface area (Å²) in [6, 6.07) is 5.99. The highest BCUT2D eigenvalue weighted by Crippen LogP contribution is 2.21. The van der Waals surface area contributed by atoms with Gasteiger partial charge >= 0.3 is 0 Å². The number of aromatic nitrogens is 5. The number of rotatable bonds is 4. The third-order valence-electron chi connectivity index (χ3n) is 4.38. The zero-order valence-corrected chi connectivity index (χ0v) is 13.3. The molecule has 4 rings (SSSR count). The SMILES string of the molecule is Cc1nc(-c2ccc3c(c2)nnn3CCN2CCCCC2)no1. The van der Waals surface area contributed by atoms with E-state index in [0.29, 0.717) is 11.7 Å². The van der Waals surface area contributed by atoms with Gasteiger partial charge in [-0.3, -0.25) is 0 Å². The molecule has 0 amide bonds. The van der Waals surface area contributed by atoms with E-state index >= 15 is 0 Å². The van der Waals surface area contributed by atoms with Crippen molar-refractivity contribution in [2.24, 2.45) is 0 Å². The van der Waals surface area contributed by atoms with Crippen molar-refractivity contribution in [2.45, 2.75) is 32.7 Å². The lowest BCUT2D eigenvalue weighted by Crippen LogP contribution is -2.32. The van der Waals surface area contributed by atoms with Gasteiger partial charge in [0, 0.05) is 19.0 Å². The van der Waals surface area contributed by atoms with Gasteiger partial charge in [-0.25, -0.2) is 4.68 Å². The summed E-state index contributed by atoms with van der Waals surface area (Å²) in [4.78, 5) is 6.76. The molecule has 0 bridgehead atoms. The topological polar surface area (TPSA) is 72.9 Å². The Balaban J connectivity index is 1.53. The van der Waals surface area contributed by atoms with Crippen molar-refractivity contribution in [1.82, 2.24) is 30.0 Å². The minimum atomic E-state index is 0.560. The van der Waals surface area contributed by atoms with Gasteiger partial charge < -0.3 is 9.42 Å². The third kappa shape index (κ3) is 2.96. The average molecular weight is 312 g/mol. The molecular weight excluding hydrogens is 292 g/mol. The smallest absolute Gasteiger partial charge is 0.223 e. The van der Waals surface area contributed by atoms with Gasteiger partial charge in [-0.2, -0.15) is 4.98 Å². The summed E-state index contributed by atoms with van der Waals surface area (Å²) in [6.07, 6.45) is 3.98. The fourth-order valence-corrected chi connectivity index (χ4v) is 3.11. The zero-order valence-electron chi connectivity index (χ0n) is 13.3. The molecule has 0 unspecified atom stereocenters. The summed E-state index contributed by atoms with van der Waals surface area (Å²) >= 11 is 0. The quantitative estimate of drug-likeness (QED) is 0.736. The van der Waals surface area contributed by atoms with Gasteiger partial charge in [0.2, 0.25) is 11.7 Å². The number of hydrogen-bond donors (Lipinski definition) is 0. The summed E-state index contributed by atoms with van der Waals surface area (Å²) in [5.74, 6) is 1.15. The Morgan fingerprint density at radius 2 is 2.00 bits per heavy atom. The van der Waals surface area contributed by atoms with Crippen molar-refractivity contribution in [3.8, 4) is 11.4 Å². The molecule has 120 valence electrons. The van der Waals surface area contributed by atoms with Gasteiger partial charge in [-0.05, 0) is 44.1 Å². The Kier molecular flexibility index (Phi) is 3.78. The summed E-state index contributed by atoms with van der Waals surface area (Å²) in [6.45, 7) is 6.09. The molecule has 3 heterocycles. The van der Waals surface area contributed by atoms with Gasteiger partial charge in [0.1, 0.15) is 5.52 Å². The Morgan fingerprint density at radius 1 is 1.13 bits per heavy atom. The molecule has 7 heteroatoms. The van der Waals surface area contributed by atoms with Crippen LogP contribution in [-0.4, -0.2) is 49.7 Å². The van der Waals surface area contributed by atoms with E-state index in [-0.39, 0.29) is 0 Å². The van der Waals surface area contributed by atoms with Crippen molar-refractivity contribution in [3.63, 3.8) is 0 Å². The molecule has 0 aliphatic carbocycles. The second-order valence-corrected chi connectivity index (χ2v) is 6.06. The number of nitrogens with zero attached hydrogens (tertiary/aromatic N) is 6. The Bertz CT molecular complexity index is 802. The van der Waals surface area contributed by atoms with Crippen LogP contribution in [0, 0.1) is 6.92 Å². The molecule has 1 aromatic carbocycles. The average Bonchev–Trinajstić information content (AvgIpc) is 3.19. The van der Waals surface area contributed by atoms with Gasteiger partial charge in [-0.1, -0.05) is 16.8 Å². The summed E-state index contributed by atoms with van der Waals surface area (Å²) in [5.41, 5.74) is 2.81. The van der Waals surface area contributed by atoms with Gasteiger partial charge in [-0.15, -0.1) is 5.10 Å². The first-order valence-corrected chi connectivity index (χ1v) is 8.16. The van der Waals surface area contributed by atoms with Crippen molar-refractivity contribution < 1.29 is 4.52 Å². The molecule has 0 spiro atoms. The van der Waals surface area contributed by atoms with E-state index in [1.165, 1.54) is 32.4 Å². The van der Waals surface area contributed by atoms with Crippen LogP contribution >= 0.6 is 0 Å².